The molecule has 0 aromatic heterocycles. The fourth-order valence-corrected chi connectivity index (χ4v) is 5.93. The normalized spacial score (nSPS) is 15.2. The molecule has 0 radical (unpaired) electrons. The summed E-state index contributed by atoms with van der Waals surface area (Å²) < 4.78 is 26.7. The van der Waals surface area contributed by atoms with Gasteiger partial charge in [-0.05, 0) is 54.9 Å². The van der Waals surface area contributed by atoms with E-state index in [2.05, 4.69) is 19.2 Å². The Morgan fingerprint density at radius 1 is 0.974 bits per heavy atom. The van der Waals surface area contributed by atoms with E-state index in [1.165, 1.54) is 6.42 Å². The Morgan fingerprint density at radius 2 is 1.61 bits per heavy atom. The summed E-state index contributed by atoms with van der Waals surface area (Å²) in [4.78, 5) is 28.8. The number of nitrogens with zero attached hydrogens (tertiary/aromatic N) is 2. The quantitative estimate of drug-likeness (QED) is 0.415. The molecule has 7 nitrogen and oxygen atoms in total. The fraction of sp³-hybridized carbons (Fsp3) is 0.533. The number of amides is 2. The first-order valence-electron chi connectivity index (χ1n) is 13.8. The maximum Gasteiger partial charge on any atom is 0.244 e. The topological polar surface area (TPSA) is 86.8 Å². The molecule has 208 valence electrons. The molecule has 2 amide bonds. The van der Waals surface area contributed by atoms with Crippen LogP contribution in [0.2, 0.25) is 0 Å². The van der Waals surface area contributed by atoms with Crippen molar-refractivity contribution < 1.29 is 18.0 Å². The van der Waals surface area contributed by atoms with Crippen molar-refractivity contribution >= 4 is 27.5 Å². The lowest BCUT2D eigenvalue weighted by Gasteiger charge is -2.34. The second kappa shape index (κ2) is 13.8. The Balaban J connectivity index is 1.85. The van der Waals surface area contributed by atoms with Crippen molar-refractivity contribution in [1.29, 1.82) is 0 Å². The molecule has 1 aliphatic rings. The standard InChI is InChI=1S/C30H43N3O4S/c1-5-28(30(35)31-26-14-10-7-11-15-26)32(21-20-24-12-8-6-9-13-24)29(34)22-33(38(4,36)37)27-18-16-25(17-19-27)23(2)3/h6,8-9,12-13,16-19,23,26,28H,5,7,10-11,14-15,20-22H2,1-4H3,(H,31,35)/t28-/m0/s1. The Kier molecular flexibility index (Phi) is 10.8. The van der Waals surface area contributed by atoms with Gasteiger partial charge in [0.2, 0.25) is 21.8 Å². The lowest BCUT2D eigenvalue weighted by molar-refractivity contribution is -0.140. The Bertz CT molecular complexity index is 1140. The van der Waals surface area contributed by atoms with Crippen LogP contribution in [0, 0.1) is 0 Å². The van der Waals surface area contributed by atoms with Gasteiger partial charge in [0.15, 0.2) is 0 Å². The van der Waals surface area contributed by atoms with Gasteiger partial charge in [0.1, 0.15) is 12.6 Å². The van der Waals surface area contributed by atoms with Gasteiger partial charge in [-0.15, -0.1) is 0 Å². The van der Waals surface area contributed by atoms with Gasteiger partial charge in [-0.3, -0.25) is 13.9 Å². The van der Waals surface area contributed by atoms with Crippen LogP contribution in [0.15, 0.2) is 54.6 Å². The average molecular weight is 542 g/mol. The number of hydrogen-bond acceptors (Lipinski definition) is 4. The van der Waals surface area contributed by atoms with Crippen LogP contribution in [0.1, 0.15) is 76.3 Å². The molecular weight excluding hydrogens is 498 g/mol. The van der Waals surface area contributed by atoms with Crippen LogP contribution in [-0.4, -0.2) is 56.6 Å². The van der Waals surface area contributed by atoms with E-state index in [0.717, 1.165) is 47.4 Å². The largest absolute Gasteiger partial charge is 0.352 e. The van der Waals surface area contributed by atoms with E-state index in [1.807, 2.05) is 49.4 Å². The monoisotopic (exact) mass is 541 g/mol. The van der Waals surface area contributed by atoms with E-state index in [-0.39, 0.29) is 24.4 Å². The van der Waals surface area contributed by atoms with Gasteiger partial charge in [0.25, 0.3) is 0 Å². The fourth-order valence-electron chi connectivity index (χ4n) is 5.08. The number of benzene rings is 2. The van der Waals surface area contributed by atoms with Crippen molar-refractivity contribution in [1.82, 2.24) is 10.2 Å². The van der Waals surface area contributed by atoms with E-state index in [0.29, 0.717) is 31.0 Å². The molecule has 0 unspecified atom stereocenters. The minimum atomic E-state index is -3.74. The number of rotatable bonds is 12. The maximum absolute atomic E-state index is 13.8. The molecule has 0 saturated heterocycles. The van der Waals surface area contributed by atoms with E-state index in [1.54, 1.807) is 17.0 Å². The summed E-state index contributed by atoms with van der Waals surface area (Å²) >= 11 is 0. The van der Waals surface area contributed by atoms with E-state index >= 15 is 0 Å². The predicted molar refractivity (Wildman–Crippen MR) is 154 cm³/mol. The number of anilines is 1. The van der Waals surface area contributed by atoms with Crippen LogP contribution in [0.4, 0.5) is 5.69 Å². The van der Waals surface area contributed by atoms with Crippen LogP contribution >= 0.6 is 0 Å². The molecule has 2 aromatic carbocycles. The molecule has 1 N–H and O–H groups in total. The highest BCUT2D eigenvalue weighted by molar-refractivity contribution is 7.92. The summed E-state index contributed by atoms with van der Waals surface area (Å²) in [6.07, 6.45) is 7.41. The Morgan fingerprint density at radius 3 is 2.16 bits per heavy atom. The number of carbonyl (C=O) groups is 2. The first-order chi connectivity index (χ1) is 18.1. The van der Waals surface area contributed by atoms with Gasteiger partial charge < -0.3 is 10.2 Å². The molecule has 38 heavy (non-hydrogen) atoms. The number of hydrogen-bond donors (Lipinski definition) is 1. The lowest BCUT2D eigenvalue weighted by Crippen LogP contribution is -2.54. The van der Waals surface area contributed by atoms with E-state index < -0.39 is 16.1 Å². The Labute approximate surface area is 228 Å². The lowest BCUT2D eigenvalue weighted by atomic mass is 9.95. The molecule has 1 atom stereocenters. The van der Waals surface area contributed by atoms with Crippen molar-refractivity contribution in [3.8, 4) is 0 Å². The smallest absolute Gasteiger partial charge is 0.244 e. The minimum Gasteiger partial charge on any atom is -0.352 e. The maximum atomic E-state index is 13.8. The molecule has 0 heterocycles. The van der Waals surface area contributed by atoms with Crippen LogP contribution in [0.5, 0.6) is 0 Å². The molecule has 8 heteroatoms. The van der Waals surface area contributed by atoms with E-state index in [4.69, 9.17) is 0 Å². The number of sulfonamides is 1. The van der Waals surface area contributed by atoms with Gasteiger partial charge in [-0.2, -0.15) is 0 Å². The summed E-state index contributed by atoms with van der Waals surface area (Å²) in [5.74, 6) is -0.239. The van der Waals surface area contributed by atoms with Gasteiger partial charge in [0.05, 0.1) is 11.9 Å². The Hall–Kier alpha value is -2.87. The molecule has 1 fully saturated rings. The summed E-state index contributed by atoms with van der Waals surface area (Å²) in [7, 11) is -3.74. The molecule has 2 aromatic rings. The second-order valence-corrected chi connectivity index (χ2v) is 12.5. The number of carbonyl (C=O) groups excluding carboxylic acids is 2. The van der Waals surface area contributed by atoms with Crippen molar-refractivity contribution in [2.75, 3.05) is 23.7 Å². The third kappa shape index (κ3) is 8.32. The summed E-state index contributed by atoms with van der Waals surface area (Å²) in [6.45, 7) is 6.00. The van der Waals surface area contributed by atoms with Crippen LogP contribution < -0.4 is 9.62 Å². The summed E-state index contributed by atoms with van der Waals surface area (Å²) in [5, 5.41) is 3.17. The van der Waals surface area contributed by atoms with Crippen molar-refractivity contribution in [3.05, 3.63) is 65.7 Å². The van der Waals surface area contributed by atoms with Crippen LogP contribution in [0.25, 0.3) is 0 Å². The molecule has 0 aliphatic heterocycles. The van der Waals surface area contributed by atoms with Crippen LogP contribution in [0.3, 0.4) is 0 Å². The molecule has 0 bridgehead atoms. The highest BCUT2D eigenvalue weighted by Crippen LogP contribution is 2.23. The summed E-state index contributed by atoms with van der Waals surface area (Å²) in [6, 6.07) is 16.5. The number of nitrogens with one attached hydrogen (secondary N) is 1. The van der Waals surface area contributed by atoms with Crippen molar-refractivity contribution in [2.45, 2.75) is 83.7 Å². The van der Waals surface area contributed by atoms with Gasteiger partial charge in [-0.25, -0.2) is 8.42 Å². The van der Waals surface area contributed by atoms with Gasteiger partial charge in [0, 0.05) is 12.6 Å². The second-order valence-electron chi connectivity index (χ2n) is 10.6. The van der Waals surface area contributed by atoms with Crippen molar-refractivity contribution in [2.24, 2.45) is 0 Å². The zero-order valence-corrected chi connectivity index (χ0v) is 24.0. The van der Waals surface area contributed by atoms with Crippen molar-refractivity contribution in [3.63, 3.8) is 0 Å². The highest BCUT2D eigenvalue weighted by Gasteiger charge is 2.32. The third-order valence-corrected chi connectivity index (χ3v) is 8.49. The zero-order valence-electron chi connectivity index (χ0n) is 23.2. The van der Waals surface area contributed by atoms with E-state index in [9.17, 15) is 18.0 Å². The molecule has 1 aliphatic carbocycles. The first-order valence-corrected chi connectivity index (χ1v) is 15.7. The average Bonchev–Trinajstić information content (AvgIpc) is 2.90. The van der Waals surface area contributed by atoms with Gasteiger partial charge in [-0.1, -0.05) is 82.5 Å². The summed E-state index contributed by atoms with van der Waals surface area (Å²) in [5.41, 5.74) is 2.58. The SMILES string of the molecule is CC[C@@H](C(=O)NC1CCCCC1)N(CCc1ccccc1)C(=O)CN(c1ccc(C(C)C)cc1)S(C)(=O)=O. The molecule has 3 rings (SSSR count). The molecule has 1 saturated carbocycles. The highest BCUT2D eigenvalue weighted by atomic mass is 32.2. The van der Waals surface area contributed by atoms with Gasteiger partial charge >= 0.3 is 0 Å². The third-order valence-electron chi connectivity index (χ3n) is 7.35. The van der Waals surface area contributed by atoms with Crippen LogP contribution in [-0.2, 0) is 26.0 Å². The first kappa shape index (κ1) is 29.7. The predicted octanol–water partition coefficient (Wildman–Crippen LogP) is 4.87. The zero-order chi connectivity index (χ0) is 27.7. The minimum absolute atomic E-state index is 0.128. The molecule has 0 spiro atoms. The molecular formula is C30H43N3O4S.